The Bertz CT molecular complexity index is 797. The van der Waals surface area contributed by atoms with E-state index in [0.717, 1.165) is 17.0 Å². The molecule has 0 bridgehead atoms. The number of anilines is 1. The Morgan fingerprint density at radius 3 is 2.38 bits per heavy atom. The first kappa shape index (κ1) is 20.5. The second-order valence-corrected chi connectivity index (χ2v) is 7.67. The molecule has 26 heavy (non-hydrogen) atoms. The van der Waals surface area contributed by atoms with Crippen LogP contribution in [0.15, 0.2) is 53.4 Å². The van der Waals surface area contributed by atoms with Crippen molar-refractivity contribution in [1.82, 2.24) is 0 Å². The van der Waals surface area contributed by atoms with Crippen molar-refractivity contribution < 1.29 is 22.4 Å². The standard InChI is InChI=1S/C17H22N2O5S2/c1-22-17-6-4-3-5-14(17)13-19(11-12-25-24-23-2)15-7-9-16(10-8-15)26(18,20)21/h3-10H,11-13H2,1-2H3,(H2,18,20,21). The third kappa shape index (κ3) is 5.89. The quantitative estimate of drug-likeness (QED) is 0.285. The van der Waals surface area contributed by atoms with Gasteiger partial charge in [0.05, 0.1) is 19.1 Å². The lowest BCUT2D eigenvalue weighted by atomic mass is 10.1. The van der Waals surface area contributed by atoms with Crippen molar-refractivity contribution >= 4 is 27.8 Å². The van der Waals surface area contributed by atoms with E-state index in [0.29, 0.717) is 18.8 Å². The molecule has 0 spiro atoms. The number of hydrogen-bond acceptors (Lipinski definition) is 7. The predicted molar refractivity (Wildman–Crippen MR) is 102 cm³/mol. The first-order valence-corrected chi connectivity index (χ1v) is 10.2. The molecule has 0 heterocycles. The van der Waals surface area contributed by atoms with Gasteiger partial charge in [-0.15, -0.1) is 0 Å². The van der Waals surface area contributed by atoms with Gasteiger partial charge in [-0.3, -0.25) is 0 Å². The number of para-hydroxylation sites is 1. The number of methoxy groups -OCH3 is 1. The number of primary sulfonamides is 1. The molecular formula is C17H22N2O5S2. The predicted octanol–water partition coefficient (Wildman–Crippen LogP) is 2.58. The maximum atomic E-state index is 11.4. The Kier molecular flexibility index (Phi) is 7.73. The average Bonchev–Trinajstić information content (AvgIpc) is 2.64. The van der Waals surface area contributed by atoms with Crippen LogP contribution in [-0.4, -0.2) is 34.9 Å². The topological polar surface area (TPSA) is 91.1 Å². The highest BCUT2D eigenvalue weighted by atomic mass is 32.2. The van der Waals surface area contributed by atoms with Gasteiger partial charge in [0.2, 0.25) is 10.0 Å². The van der Waals surface area contributed by atoms with E-state index in [-0.39, 0.29) is 4.90 Å². The molecule has 0 aliphatic carbocycles. The largest absolute Gasteiger partial charge is 0.496 e. The molecule has 0 atom stereocenters. The van der Waals surface area contributed by atoms with Crippen molar-refractivity contribution in [3.05, 3.63) is 54.1 Å². The summed E-state index contributed by atoms with van der Waals surface area (Å²) in [7, 11) is -0.637. The Morgan fingerprint density at radius 2 is 1.77 bits per heavy atom. The van der Waals surface area contributed by atoms with E-state index in [2.05, 4.69) is 9.79 Å². The first-order chi connectivity index (χ1) is 12.5. The van der Waals surface area contributed by atoms with Crippen LogP contribution in [0.5, 0.6) is 5.75 Å². The Balaban J connectivity index is 2.22. The van der Waals surface area contributed by atoms with Crippen LogP contribution < -0.4 is 14.8 Å². The maximum absolute atomic E-state index is 11.4. The van der Waals surface area contributed by atoms with Crippen molar-refractivity contribution in [3.63, 3.8) is 0 Å². The molecule has 2 aromatic rings. The van der Waals surface area contributed by atoms with Crippen LogP contribution in [0, 0.1) is 0 Å². The minimum atomic E-state index is -3.72. The monoisotopic (exact) mass is 398 g/mol. The van der Waals surface area contributed by atoms with Crippen LogP contribution in [0.2, 0.25) is 0 Å². The first-order valence-electron chi connectivity index (χ1n) is 7.77. The molecule has 0 aromatic heterocycles. The molecule has 0 aliphatic rings. The number of rotatable bonds is 10. The summed E-state index contributed by atoms with van der Waals surface area (Å²) in [5.74, 6) is 1.44. The molecule has 0 unspecified atom stereocenters. The number of sulfonamides is 1. The van der Waals surface area contributed by atoms with Crippen LogP contribution in [0.25, 0.3) is 0 Å². The highest BCUT2D eigenvalue weighted by Crippen LogP contribution is 2.24. The Hall–Kier alpha value is -1.78. The summed E-state index contributed by atoms with van der Waals surface area (Å²) >= 11 is 1.19. The van der Waals surface area contributed by atoms with Gasteiger partial charge in [-0.05, 0) is 30.3 Å². The fraction of sp³-hybridized carbons (Fsp3) is 0.294. The number of ether oxygens (including phenoxy) is 1. The van der Waals surface area contributed by atoms with Crippen molar-refractivity contribution in [2.24, 2.45) is 5.14 Å². The molecule has 2 aromatic carbocycles. The highest BCUT2D eigenvalue weighted by molar-refractivity contribution is 7.94. The number of nitrogens with two attached hydrogens (primary N) is 1. The third-order valence-corrected chi connectivity index (χ3v) is 5.16. The molecule has 0 saturated heterocycles. The minimum absolute atomic E-state index is 0.0792. The summed E-state index contributed by atoms with van der Waals surface area (Å²) in [5.41, 5.74) is 1.88. The van der Waals surface area contributed by atoms with E-state index in [4.69, 9.17) is 14.2 Å². The van der Waals surface area contributed by atoms with Crippen LogP contribution in [0.1, 0.15) is 5.56 Å². The zero-order chi connectivity index (χ0) is 19.0. The summed E-state index contributed by atoms with van der Waals surface area (Å²) in [6.45, 7) is 1.24. The molecule has 0 aliphatic heterocycles. The van der Waals surface area contributed by atoms with Crippen molar-refractivity contribution in [2.75, 3.05) is 31.4 Å². The Labute approximate surface area is 158 Å². The van der Waals surface area contributed by atoms with Gasteiger partial charge in [0.1, 0.15) is 5.75 Å². The molecule has 0 amide bonds. The normalized spacial score (nSPS) is 11.3. The van der Waals surface area contributed by atoms with Gasteiger partial charge in [0.15, 0.2) is 0 Å². The zero-order valence-corrected chi connectivity index (χ0v) is 16.3. The van der Waals surface area contributed by atoms with E-state index in [1.807, 2.05) is 24.3 Å². The van der Waals surface area contributed by atoms with Gasteiger partial charge in [-0.1, -0.05) is 18.2 Å². The third-order valence-electron chi connectivity index (χ3n) is 3.64. The molecule has 0 radical (unpaired) electrons. The zero-order valence-electron chi connectivity index (χ0n) is 14.6. The number of benzene rings is 2. The van der Waals surface area contributed by atoms with Crippen LogP contribution in [0.3, 0.4) is 0 Å². The summed E-state index contributed by atoms with van der Waals surface area (Å²) in [5, 5.41) is 5.17. The second kappa shape index (κ2) is 9.79. The molecule has 2 N–H and O–H groups in total. The fourth-order valence-corrected chi connectivity index (χ4v) is 3.39. The minimum Gasteiger partial charge on any atom is -0.496 e. The summed E-state index contributed by atoms with van der Waals surface area (Å²) in [6, 6.07) is 14.2. The Morgan fingerprint density at radius 1 is 1.08 bits per heavy atom. The number of nitrogens with zero attached hydrogens (tertiary/aromatic N) is 1. The molecule has 9 heteroatoms. The van der Waals surface area contributed by atoms with Crippen LogP contribution in [0.4, 0.5) is 5.69 Å². The SMILES string of the molecule is COOSCCN(Cc1ccccc1OC)c1ccc(S(N)(=O)=O)cc1. The lowest BCUT2D eigenvalue weighted by Crippen LogP contribution is -2.26. The average molecular weight is 399 g/mol. The van der Waals surface area contributed by atoms with Gasteiger partial charge in [0.25, 0.3) is 0 Å². The molecule has 0 saturated carbocycles. The highest BCUT2D eigenvalue weighted by Gasteiger charge is 2.13. The van der Waals surface area contributed by atoms with E-state index >= 15 is 0 Å². The number of hydrogen-bond donors (Lipinski definition) is 1. The second-order valence-electron chi connectivity index (χ2n) is 5.33. The molecule has 2 rings (SSSR count). The van der Waals surface area contributed by atoms with E-state index in [1.54, 1.807) is 19.2 Å². The smallest absolute Gasteiger partial charge is 0.238 e. The van der Waals surface area contributed by atoms with Gasteiger partial charge >= 0.3 is 0 Å². The van der Waals surface area contributed by atoms with Crippen molar-refractivity contribution in [2.45, 2.75) is 11.4 Å². The molecule has 7 nitrogen and oxygen atoms in total. The lowest BCUT2D eigenvalue weighted by molar-refractivity contribution is -0.160. The van der Waals surface area contributed by atoms with Gasteiger partial charge in [0, 0.05) is 42.1 Å². The van der Waals surface area contributed by atoms with E-state index in [9.17, 15) is 8.42 Å². The van der Waals surface area contributed by atoms with Crippen LogP contribution >= 0.6 is 12.0 Å². The molecule has 0 fully saturated rings. The van der Waals surface area contributed by atoms with Crippen molar-refractivity contribution in [3.8, 4) is 5.75 Å². The summed E-state index contributed by atoms with van der Waals surface area (Å²) in [6.07, 6.45) is 0. The van der Waals surface area contributed by atoms with Gasteiger partial charge in [-0.25, -0.2) is 18.4 Å². The van der Waals surface area contributed by atoms with E-state index < -0.39 is 10.0 Å². The summed E-state index contributed by atoms with van der Waals surface area (Å²) < 4.78 is 33.2. The maximum Gasteiger partial charge on any atom is 0.238 e. The van der Waals surface area contributed by atoms with Crippen molar-refractivity contribution in [1.29, 1.82) is 0 Å². The summed E-state index contributed by atoms with van der Waals surface area (Å²) in [4.78, 5) is 6.75. The van der Waals surface area contributed by atoms with Crippen LogP contribution in [-0.2, 0) is 25.8 Å². The molecule has 142 valence electrons. The fourth-order valence-electron chi connectivity index (χ4n) is 2.41. The van der Waals surface area contributed by atoms with Gasteiger partial charge < -0.3 is 9.64 Å². The van der Waals surface area contributed by atoms with Gasteiger partial charge in [-0.2, -0.15) is 4.33 Å². The molecular weight excluding hydrogens is 376 g/mol. The van der Waals surface area contributed by atoms with E-state index in [1.165, 1.54) is 31.3 Å². The lowest BCUT2D eigenvalue weighted by Gasteiger charge is -2.25.